The normalized spacial score (nSPS) is 12.9. The number of fused-ring (bicyclic) bond motifs is 4. The molecular weight excluding hydrogens is 745 g/mol. The molecule has 0 N–H and O–H groups in total. The van der Waals surface area contributed by atoms with Crippen molar-refractivity contribution in [2.24, 2.45) is 7.05 Å². The van der Waals surface area contributed by atoms with E-state index in [0.29, 0.717) is 0 Å². The summed E-state index contributed by atoms with van der Waals surface area (Å²) < 4.78 is 8.23. The van der Waals surface area contributed by atoms with Gasteiger partial charge in [0.05, 0.1) is 5.60 Å². The number of halogens is 2. The molecule has 1 aromatic heterocycles. The summed E-state index contributed by atoms with van der Waals surface area (Å²) in [5.41, 5.74) is 11.7. The number of benzene rings is 4. The van der Waals surface area contributed by atoms with E-state index in [0.717, 1.165) is 19.4 Å². The Kier molecular flexibility index (Phi) is 12.1. The monoisotopic (exact) mass is 791 g/mol. The molecule has 7 rings (SSSR count). The third kappa shape index (κ3) is 8.03. The molecule has 1 heterocycles. The first-order chi connectivity index (χ1) is 24.6. The van der Waals surface area contributed by atoms with E-state index in [9.17, 15) is 0 Å². The van der Waals surface area contributed by atoms with Crippen molar-refractivity contribution in [2.45, 2.75) is 77.7 Å². The maximum absolute atomic E-state index is 5.92. The second kappa shape index (κ2) is 16.4. The number of aryl methyl sites for hydroxylation is 3. The van der Waals surface area contributed by atoms with Gasteiger partial charge in [0.1, 0.15) is 0 Å². The van der Waals surface area contributed by atoms with Crippen LogP contribution in [0.4, 0.5) is 0 Å². The molecule has 7 aromatic rings. The Labute approximate surface area is 323 Å². The molecule has 6 aromatic carbocycles. The summed E-state index contributed by atoms with van der Waals surface area (Å²) >= 11 is -0.826. The van der Waals surface area contributed by atoms with Gasteiger partial charge >= 0.3 is 37.9 Å². The second-order valence-electron chi connectivity index (χ2n) is 15.0. The van der Waals surface area contributed by atoms with Crippen molar-refractivity contribution in [1.82, 2.24) is 4.57 Å². The summed E-state index contributed by atoms with van der Waals surface area (Å²) in [7, 11) is 12.0. The zero-order valence-electron chi connectivity index (χ0n) is 30.8. The van der Waals surface area contributed by atoms with Gasteiger partial charge in [-0.3, -0.25) is 0 Å². The molecule has 0 aliphatic rings. The molecule has 2 nitrogen and oxygen atoms in total. The molecular formula is C46H49Cl2NOZr. The fourth-order valence-electron chi connectivity index (χ4n) is 8.04. The SMILES string of the molecule is Cc1cc2c(-c3ccc4c(c3)c3ccccc3n4C)cccc2[c-]1C(C)(c1ccccc1)[c-]1ccc(CCCCCCOC(C)(C)C)c1.[Cl][Zr+2][Cl]. The summed E-state index contributed by atoms with van der Waals surface area (Å²) in [5.74, 6) is 0. The van der Waals surface area contributed by atoms with Gasteiger partial charge in [-0.2, -0.15) is 29.3 Å². The molecule has 0 saturated heterocycles. The van der Waals surface area contributed by atoms with E-state index in [4.69, 9.17) is 21.8 Å². The molecule has 51 heavy (non-hydrogen) atoms. The van der Waals surface area contributed by atoms with Crippen molar-refractivity contribution in [3.63, 3.8) is 0 Å². The van der Waals surface area contributed by atoms with Crippen LogP contribution in [0.3, 0.4) is 0 Å². The van der Waals surface area contributed by atoms with Crippen LogP contribution in [0.5, 0.6) is 0 Å². The standard InChI is InChI=1S/C46H49NO.2ClH.Zr/c1-32-29-40-37(34-25-27-43-41(31-34)38-20-13-14-23-42(38)47(43)6)21-16-22-39(40)44(32)46(5,35-18-11-9-12-19-35)36-26-24-33(30-36)17-10-7-8-15-28-48-45(2,3)4;;;/h9,11-14,16,18-27,29-31H,7-8,10,15,17,28H2,1-6H3;2*1H;/q-2;;;+4/p-2. The van der Waals surface area contributed by atoms with E-state index in [2.05, 4.69) is 161 Å². The summed E-state index contributed by atoms with van der Waals surface area (Å²) in [5, 5.41) is 5.29. The molecule has 0 bridgehead atoms. The van der Waals surface area contributed by atoms with Crippen molar-refractivity contribution in [3.8, 4) is 11.1 Å². The Hall–Kier alpha value is -2.94. The van der Waals surface area contributed by atoms with Gasteiger partial charge in [0.25, 0.3) is 0 Å². The predicted molar refractivity (Wildman–Crippen MR) is 217 cm³/mol. The number of ether oxygens (including phenoxy) is 1. The average Bonchev–Trinajstić information content (AvgIpc) is 3.82. The van der Waals surface area contributed by atoms with Crippen molar-refractivity contribution >= 4 is 49.6 Å². The topological polar surface area (TPSA) is 14.2 Å². The van der Waals surface area contributed by atoms with Crippen LogP contribution < -0.4 is 0 Å². The van der Waals surface area contributed by atoms with Crippen LogP contribution in [0, 0.1) is 6.92 Å². The molecule has 0 saturated carbocycles. The average molecular weight is 794 g/mol. The third-order valence-corrected chi connectivity index (χ3v) is 10.5. The van der Waals surface area contributed by atoms with Crippen molar-refractivity contribution in [3.05, 3.63) is 143 Å². The zero-order chi connectivity index (χ0) is 36.2. The van der Waals surface area contributed by atoms with Gasteiger partial charge < -0.3 is 9.30 Å². The van der Waals surface area contributed by atoms with E-state index in [1.807, 2.05) is 0 Å². The summed E-state index contributed by atoms with van der Waals surface area (Å²) in [6, 6.07) is 43.4. The van der Waals surface area contributed by atoms with E-state index >= 15 is 0 Å². The number of hydrogen-bond acceptors (Lipinski definition) is 1. The fraction of sp³-hybridized carbons (Fsp3) is 0.304. The molecule has 0 radical (unpaired) electrons. The van der Waals surface area contributed by atoms with E-state index in [1.165, 1.54) is 90.8 Å². The van der Waals surface area contributed by atoms with Crippen LogP contribution in [-0.4, -0.2) is 16.8 Å². The Bertz CT molecular complexity index is 2220. The van der Waals surface area contributed by atoms with Gasteiger partial charge in [-0.15, -0.1) is 34.0 Å². The van der Waals surface area contributed by atoms with Crippen molar-refractivity contribution < 1.29 is 25.6 Å². The molecule has 262 valence electrons. The predicted octanol–water partition coefficient (Wildman–Crippen LogP) is 13.5. The number of rotatable bonds is 11. The Morgan fingerprint density at radius 2 is 1.43 bits per heavy atom. The number of para-hydroxylation sites is 1. The van der Waals surface area contributed by atoms with Crippen LogP contribution in [0.15, 0.2) is 115 Å². The van der Waals surface area contributed by atoms with Gasteiger partial charge in [-0.25, -0.2) is 6.07 Å². The van der Waals surface area contributed by atoms with Gasteiger partial charge in [-0.05, 0) is 56.4 Å². The first kappa shape index (κ1) is 37.8. The molecule has 0 spiro atoms. The summed E-state index contributed by atoms with van der Waals surface area (Å²) in [4.78, 5) is 0. The quantitative estimate of drug-likeness (QED) is 0.0940. The van der Waals surface area contributed by atoms with Crippen molar-refractivity contribution in [1.29, 1.82) is 0 Å². The first-order valence-electron chi connectivity index (χ1n) is 18.2. The molecule has 0 aliphatic heterocycles. The molecule has 0 aliphatic carbocycles. The Morgan fingerprint density at radius 3 is 2.20 bits per heavy atom. The Morgan fingerprint density at radius 1 is 0.725 bits per heavy atom. The number of aromatic nitrogens is 1. The maximum atomic E-state index is 5.92. The third-order valence-electron chi connectivity index (χ3n) is 10.5. The minimum absolute atomic E-state index is 0.0458. The van der Waals surface area contributed by atoms with Crippen LogP contribution in [0.1, 0.15) is 81.2 Å². The van der Waals surface area contributed by atoms with Gasteiger partial charge in [0.2, 0.25) is 0 Å². The van der Waals surface area contributed by atoms with E-state index in [1.54, 1.807) is 0 Å². The van der Waals surface area contributed by atoms with Crippen molar-refractivity contribution in [2.75, 3.05) is 6.61 Å². The Balaban J connectivity index is 0.00000144. The number of hydrogen-bond donors (Lipinski definition) is 0. The van der Waals surface area contributed by atoms with Crippen LogP contribution in [-0.2, 0) is 44.5 Å². The molecule has 5 heteroatoms. The van der Waals surface area contributed by atoms with E-state index in [-0.39, 0.29) is 11.0 Å². The second-order valence-corrected chi connectivity index (χ2v) is 18.7. The van der Waals surface area contributed by atoms with Crippen LogP contribution in [0.25, 0.3) is 43.7 Å². The molecule has 0 fully saturated rings. The number of unbranched alkanes of at least 4 members (excludes halogenated alkanes) is 3. The minimum atomic E-state index is -0.826. The van der Waals surface area contributed by atoms with E-state index < -0.39 is 20.8 Å². The summed E-state index contributed by atoms with van der Waals surface area (Å²) in [6.45, 7) is 12.0. The molecule has 1 atom stereocenters. The number of nitrogens with zero attached hydrogens (tertiary/aromatic N) is 1. The van der Waals surface area contributed by atoms with Gasteiger partial charge in [0, 0.05) is 35.5 Å². The van der Waals surface area contributed by atoms with Gasteiger partial charge in [0.15, 0.2) is 0 Å². The molecule has 0 amide bonds. The van der Waals surface area contributed by atoms with Crippen LogP contribution >= 0.6 is 17.0 Å². The fourth-order valence-corrected chi connectivity index (χ4v) is 8.04. The van der Waals surface area contributed by atoms with Gasteiger partial charge in [-0.1, -0.05) is 111 Å². The first-order valence-corrected chi connectivity index (χ1v) is 24.5. The molecule has 1 unspecified atom stereocenters. The summed E-state index contributed by atoms with van der Waals surface area (Å²) in [6.07, 6.45) is 5.93. The van der Waals surface area contributed by atoms with Crippen LogP contribution in [0.2, 0.25) is 0 Å². The zero-order valence-corrected chi connectivity index (χ0v) is 34.8.